The van der Waals surface area contributed by atoms with Crippen LogP contribution in [0.25, 0.3) is 0 Å². The SMILES string of the molecule is C[C@H](Oc1cc(F)ccc1F)C(=O)O. The predicted molar refractivity (Wildman–Crippen MR) is 44.1 cm³/mol. The van der Waals surface area contributed by atoms with Gasteiger partial charge in [0, 0.05) is 6.07 Å². The van der Waals surface area contributed by atoms with Crippen LogP contribution in [0.15, 0.2) is 18.2 Å². The van der Waals surface area contributed by atoms with Gasteiger partial charge in [-0.3, -0.25) is 0 Å². The van der Waals surface area contributed by atoms with E-state index in [9.17, 15) is 13.6 Å². The molecule has 0 saturated heterocycles. The highest BCUT2D eigenvalue weighted by Gasteiger charge is 2.15. The molecule has 1 N–H and O–H groups in total. The van der Waals surface area contributed by atoms with E-state index in [0.29, 0.717) is 0 Å². The van der Waals surface area contributed by atoms with Crippen molar-refractivity contribution < 1.29 is 23.4 Å². The zero-order valence-corrected chi connectivity index (χ0v) is 7.33. The Kier molecular flexibility index (Phi) is 3.01. The molecule has 0 amide bonds. The van der Waals surface area contributed by atoms with Crippen molar-refractivity contribution in [1.29, 1.82) is 0 Å². The molecule has 1 aromatic rings. The van der Waals surface area contributed by atoms with Crippen LogP contribution in [0.1, 0.15) is 6.92 Å². The largest absolute Gasteiger partial charge is 0.479 e. The summed E-state index contributed by atoms with van der Waals surface area (Å²) < 4.78 is 30.2. The number of carbonyl (C=O) groups is 1. The van der Waals surface area contributed by atoms with Crippen LogP contribution in [-0.2, 0) is 4.79 Å². The van der Waals surface area contributed by atoms with Crippen LogP contribution in [-0.4, -0.2) is 17.2 Å². The summed E-state index contributed by atoms with van der Waals surface area (Å²) in [4.78, 5) is 10.4. The first-order chi connectivity index (χ1) is 6.50. The molecule has 0 heterocycles. The third-order valence-electron chi connectivity index (χ3n) is 1.54. The molecule has 5 heteroatoms. The van der Waals surface area contributed by atoms with Gasteiger partial charge in [-0.2, -0.15) is 0 Å². The molecule has 14 heavy (non-hydrogen) atoms. The quantitative estimate of drug-likeness (QED) is 0.813. The molecule has 0 aliphatic carbocycles. The lowest BCUT2D eigenvalue weighted by molar-refractivity contribution is -0.144. The third kappa shape index (κ3) is 2.42. The van der Waals surface area contributed by atoms with Crippen molar-refractivity contribution in [2.45, 2.75) is 13.0 Å². The number of carboxylic acid groups (broad SMARTS) is 1. The van der Waals surface area contributed by atoms with E-state index in [-0.39, 0.29) is 0 Å². The molecular formula is C9H8F2O3. The summed E-state index contributed by atoms with van der Waals surface area (Å²) in [5.74, 6) is -3.12. The molecule has 1 rings (SSSR count). The Balaban J connectivity index is 2.85. The first-order valence-corrected chi connectivity index (χ1v) is 3.85. The minimum absolute atomic E-state index is 0.403. The monoisotopic (exact) mass is 202 g/mol. The normalized spacial score (nSPS) is 12.2. The molecule has 0 fully saturated rings. The number of ether oxygens (including phenoxy) is 1. The molecule has 0 spiro atoms. The third-order valence-corrected chi connectivity index (χ3v) is 1.54. The van der Waals surface area contributed by atoms with Gasteiger partial charge in [-0.25, -0.2) is 13.6 Å². The Morgan fingerprint density at radius 1 is 1.50 bits per heavy atom. The van der Waals surface area contributed by atoms with Gasteiger partial charge in [-0.05, 0) is 19.1 Å². The van der Waals surface area contributed by atoms with Crippen LogP contribution in [0.3, 0.4) is 0 Å². The van der Waals surface area contributed by atoms with E-state index in [4.69, 9.17) is 5.11 Å². The van der Waals surface area contributed by atoms with E-state index in [1.54, 1.807) is 0 Å². The fourth-order valence-electron chi connectivity index (χ4n) is 0.808. The maximum atomic E-state index is 12.9. The summed E-state index contributed by atoms with van der Waals surface area (Å²) in [5.41, 5.74) is 0. The molecule has 0 aromatic heterocycles. The number of hydrogen-bond acceptors (Lipinski definition) is 2. The van der Waals surface area contributed by atoms with Crippen LogP contribution in [0.2, 0.25) is 0 Å². The van der Waals surface area contributed by atoms with Crippen LogP contribution in [0.5, 0.6) is 5.75 Å². The van der Waals surface area contributed by atoms with Gasteiger partial charge < -0.3 is 9.84 Å². The van der Waals surface area contributed by atoms with Crippen molar-refractivity contribution in [1.82, 2.24) is 0 Å². The minimum Gasteiger partial charge on any atom is -0.479 e. The molecule has 76 valence electrons. The van der Waals surface area contributed by atoms with E-state index >= 15 is 0 Å². The van der Waals surface area contributed by atoms with Gasteiger partial charge in [-0.1, -0.05) is 0 Å². The van der Waals surface area contributed by atoms with E-state index in [0.717, 1.165) is 18.2 Å². The molecule has 0 radical (unpaired) electrons. The fourth-order valence-corrected chi connectivity index (χ4v) is 0.808. The highest BCUT2D eigenvalue weighted by Crippen LogP contribution is 2.19. The predicted octanol–water partition coefficient (Wildman–Crippen LogP) is 1.82. The van der Waals surface area contributed by atoms with Crippen molar-refractivity contribution in [3.63, 3.8) is 0 Å². The molecule has 0 aliphatic heterocycles. The van der Waals surface area contributed by atoms with Crippen molar-refractivity contribution in [3.05, 3.63) is 29.8 Å². The maximum Gasteiger partial charge on any atom is 0.344 e. The van der Waals surface area contributed by atoms with Crippen molar-refractivity contribution in [3.8, 4) is 5.75 Å². The average Bonchev–Trinajstić information content (AvgIpc) is 2.11. The van der Waals surface area contributed by atoms with Gasteiger partial charge in [0.15, 0.2) is 17.7 Å². The van der Waals surface area contributed by atoms with Crippen LogP contribution in [0.4, 0.5) is 8.78 Å². The summed E-state index contributed by atoms with van der Waals surface area (Å²) in [6, 6.07) is 2.60. The summed E-state index contributed by atoms with van der Waals surface area (Å²) in [6.07, 6.45) is -1.22. The van der Waals surface area contributed by atoms with Gasteiger partial charge in [0.2, 0.25) is 0 Å². The van der Waals surface area contributed by atoms with E-state index in [1.165, 1.54) is 6.92 Å². The van der Waals surface area contributed by atoms with Gasteiger partial charge in [-0.15, -0.1) is 0 Å². The lowest BCUT2D eigenvalue weighted by Gasteiger charge is -2.10. The summed E-state index contributed by atoms with van der Waals surface area (Å²) in [5, 5.41) is 8.46. The van der Waals surface area contributed by atoms with Gasteiger partial charge >= 0.3 is 5.97 Å². The van der Waals surface area contributed by atoms with E-state index in [1.807, 2.05) is 0 Å². The second-order valence-electron chi connectivity index (χ2n) is 2.67. The van der Waals surface area contributed by atoms with E-state index < -0.39 is 29.5 Å². The number of carboxylic acids is 1. The van der Waals surface area contributed by atoms with Crippen LogP contribution in [0, 0.1) is 11.6 Å². The number of rotatable bonds is 3. The zero-order chi connectivity index (χ0) is 10.7. The lowest BCUT2D eigenvalue weighted by Crippen LogP contribution is -2.23. The molecule has 1 atom stereocenters. The molecular weight excluding hydrogens is 194 g/mol. The molecule has 0 aliphatic rings. The molecule has 1 aromatic carbocycles. The standard InChI is InChI=1S/C9H8F2O3/c1-5(9(12)13)14-8-4-6(10)2-3-7(8)11/h2-5H,1H3,(H,12,13)/t5-/m0/s1. The molecule has 0 saturated carbocycles. The average molecular weight is 202 g/mol. The molecule has 0 unspecified atom stereocenters. The van der Waals surface area contributed by atoms with Gasteiger partial charge in [0.25, 0.3) is 0 Å². The summed E-state index contributed by atoms with van der Waals surface area (Å²) >= 11 is 0. The van der Waals surface area contributed by atoms with Crippen molar-refractivity contribution in [2.75, 3.05) is 0 Å². The Labute approximate surface area is 78.9 Å². The minimum atomic E-state index is -1.24. The Morgan fingerprint density at radius 3 is 2.71 bits per heavy atom. The number of halogens is 2. The molecule has 3 nitrogen and oxygen atoms in total. The summed E-state index contributed by atoms with van der Waals surface area (Å²) in [7, 11) is 0. The first-order valence-electron chi connectivity index (χ1n) is 3.85. The fraction of sp³-hybridized carbons (Fsp3) is 0.222. The van der Waals surface area contributed by atoms with E-state index in [2.05, 4.69) is 4.74 Å². The van der Waals surface area contributed by atoms with Crippen molar-refractivity contribution >= 4 is 5.97 Å². The Bertz CT molecular complexity index is 352. The van der Waals surface area contributed by atoms with Crippen LogP contribution >= 0.6 is 0 Å². The zero-order valence-electron chi connectivity index (χ0n) is 7.33. The van der Waals surface area contributed by atoms with Crippen molar-refractivity contribution in [2.24, 2.45) is 0 Å². The lowest BCUT2D eigenvalue weighted by atomic mass is 10.3. The Morgan fingerprint density at radius 2 is 2.14 bits per heavy atom. The second kappa shape index (κ2) is 4.04. The topological polar surface area (TPSA) is 46.5 Å². The smallest absolute Gasteiger partial charge is 0.344 e. The Hall–Kier alpha value is -1.65. The van der Waals surface area contributed by atoms with Gasteiger partial charge in [0.05, 0.1) is 0 Å². The number of aliphatic carboxylic acids is 1. The number of benzene rings is 1. The van der Waals surface area contributed by atoms with Gasteiger partial charge in [0.1, 0.15) is 5.82 Å². The highest BCUT2D eigenvalue weighted by molar-refractivity contribution is 5.72. The molecule has 0 bridgehead atoms. The van der Waals surface area contributed by atoms with Crippen LogP contribution < -0.4 is 4.74 Å². The highest BCUT2D eigenvalue weighted by atomic mass is 19.1. The number of hydrogen-bond donors (Lipinski definition) is 1. The maximum absolute atomic E-state index is 12.9. The second-order valence-corrected chi connectivity index (χ2v) is 2.67. The first kappa shape index (κ1) is 10.4. The summed E-state index contributed by atoms with van der Waals surface area (Å²) in [6.45, 7) is 1.23.